The third-order valence-corrected chi connectivity index (χ3v) is 6.28. The molecule has 0 aliphatic heterocycles. The molecule has 1 aliphatic carbocycles. The van der Waals surface area contributed by atoms with Crippen LogP contribution < -0.4 is 4.72 Å². The standard InChI is InChI=1S/C20H21NO3S/c1-13-3-7-16(8-4-13)25(22,23)21-15-6-10-19-18(12-15)17-9-5-14(2)11-20(17)24-19/h3-4,6-8,10,12,14,21H,5,9,11H2,1-2H3/t14-/m1/s1. The summed E-state index contributed by atoms with van der Waals surface area (Å²) in [5.74, 6) is 1.68. The molecule has 0 saturated carbocycles. The van der Waals surface area contributed by atoms with Crippen molar-refractivity contribution in [3.63, 3.8) is 0 Å². The highest BCUT2D eigenvalue weighted by Crippen LogP contribution is 2.35. The number of hydrogen-bond donors (Lipinski definition) is 1. The van der Waals surface area contributed by atoms with Gasteiger partial charge in [-0.1, -0.05) is 24.6 Å². The second-order valence-corrected chi connectivity index (χ2v) is 8.66. The molecule has 1 aromatic heterocycles. The molecule has 0 unspecified atom stereocenters. The number of fused-ring (bicyclic) bond motifs is 3. The van der Waals surface area contributed by atoms with Crippen LogP contribution in [0.15, 0.2) is 51.8 Å². The fourth-order valence-electron chi connectivity index (χ4n) is 3.44. The first-order valence-corrected chi connectivity index (χ1v) is 10.0. The van der Waals surface area contributed by atoms with Crippen LogP contribution in [0, 0.1) is 12.8 Å². The van der Waals surface area contributed by atoms with Gasteiger partial charge in [-0.2, -0.15) is 0 Å². The van der Waals surface area contributed by atoms with Crippen molar-refractivity contribution < 1.29 is 12.8 Å². The van der Waals surface area contributed by atoms with E-state index in [-0.39, 0.29) is 4.90 Å². The highest BCUT2D eigenvalue weighted by atomic mass is 32.2. The lowest BCUT2D eigenvalue weighted by Crippen LogP contribution is -2.13. The van der Waals surface area contributed by atoms with Crippen molar-refractivity contribution in [2.45, 2.75) is 38.0 Å². The van der Waals surface area contributed by atoms with E-state index in [0.717, 1.165) is 41.6 Å². The second-order valence-electron chi connectivity index (χ2n) is 6.98. The average Bonchev–Trinajstić information content (AvgIpc) is 2.91. The van der Waals surface area contributed by atoms with Gasteiger partial charge in [-0.05, 0) is 56.0 Å². The molecule has 2 aromatic carbocycles. The average molecular weight is 355 g/mol. The van der Waals surface area contributed by atoms with Crippen LogP contribution in [0.4, 0.5) is 5.69 Å². The number of hydrogen-bond acceptors (Lipinski definition) is 3. The van der Waals surface area contributed by atoms with E-state index in [1.54, 1.807) is 30.3 Å². The number of anilines is 1. The summed E-state index contributed by atoms with van der Waals surface area (Å²) in [6.07, 6.45) is 3.08. The molecule has 130 valence electrons. The molecule has 0 fully saturated rings. The molecule has 4 nitrogen and oxygen atoms in total. The van der Waals surface area contributed by atoms with E-state index in [1.165, 1.54) is 5.56 Å². The highest BCUT2D eigenvalue weighted by Gasteiger charge is 2.22. The first kappa shape index (κ1) is 16.2. The Morgan fingerprint density at radius 2 is 1.88 bits per heavy atom. The van der Waals surface area contributed by atoms with E-state index < -0.39 is 10.0 Å². The summed E-state index contributed by atoms with van der Waals surface area (Å²) in [6, 6.07) is 12.3. The Hall–Kier alpha value is -2.27. The summed E-state index contributed by atoms with van der Waals surface area (Å²) in [4.78, 5) is 0.265. The molecule has 1 N–H and O–H groups in total. The number of aryl methyl sites for hydroxylation is 2. The van der Waals surface area contributed by atoms with Crippen molar-refractivity contribution in [2.24, 2.45) is 5.92 Å². The third-order valence-electron chi connectivity index (χ3n) is 4.88. The fourth-order valence-corrected chi connectivity index (χ4v) is 4.49. The van der Waals surface area contributed by atoms with Gasteiger partial charge in [0.2, 0.25) is 0 Å². The molecule has 25 heavy (non-hydrogen) atoms. The van der Waals surface area contributed by atoms with E-state index >= 15 is 0 Å². The Morgan fingerprint density at radius 1 is 1.12 bits per heavy atom. The Kier molecular flexibility index (Phi) is 3.84. The third kappa shape index (κ3) is 3.04. The van der Waals surface area contributed by atoms with Crippen LogP contribution >= 0.6 is 0 Å². The molecule has 1 aliphatic rings. The van der Waals surface area contributed by atoms with Crippen LogP contribution in [0.1, 0.15) is 30.2 Å². The smallest absolute Gasteiger partial charge is 0.261 e. The molecule has 0 spiro atoms. The Bertz CT molecular complexity index is 1030. The van der Waals surface area contributed by atoms with E-state index in [9.17, 15) is 8.42 Å². The summed E-state index contributed by atoms with van der Waals surface area (Å²) in [5, 5.41) is 1.02. The van der Waals surface area contributed by atoms with E-state index in [0.29, 0.717) is 11.6 Å². The molecule has 5 heteroatoms. The zero-order valence-electron chi connectivity index (χ0n) is 14.4. The molecule has 3 aromatic rings. The molecular weight excluding hydrogens is 334 g/mol. The fraction of sp³-hybridized carbons (Fsp3) is 0.300. The predicted molar refractivity (Wildman–Crippen MR) is 99.4 cm³/mol. The Balaban J connectivity index is 1.69. The van der Waals surface area contributed by atoms with Crippen LogP contribution in [0.3, 0.4) is 0 Å². The minimum absolute atomic E-state index is 0.265. The zero-order chi connectivity index (χ0) is 17.6. The minimum Gasteiger partial charge on any atom is -0.461 e. The van der Waals surface area contributed by atoms with Crippen LogP contribution in [0.5, 0.6) is 0 Å². The molecule has 1 atom stereocenters. The van der Waals surface area contributed by atoms with Gasteiger partial charge in [0.25, 0.3) is 10.0 Å². The van der Waals surface area contributed by atoms with Crippen molar-refractivity contribution in [3.8, 4) is 0 Å². The van der Waals surface area contributed by atoms with Crippen LogP contribution in [0.2, 0.25) is 0 Å². The van der Waals surface area contributed by atoms with E-state index in [2.05, 4.69) is 11.6 Å². The van der Waals surface area contributed by atoms with Gasteiger partial charge in [-0.3, -0.25) is 4.72 Å². The maximum absolute atomic E-state index is 12.6. The van der Waals surface area contributed by atoms with Crippen LogP contribution in [-0.2, 0) is 22.9 Å². The first-order chi connectivity index (χ1) is 11.9. The molecular formula is C20H21NO3S. The van der Waals surface area contributed by atoms with Crippen molar-refractivity contribution in [2.75, 3.05) is 4.72 Å². The van der Waals surface area contributed by atoms with Gasteiger partial charge in [0.05, 0.1) is 4.90 Å². The zero-order valence-corrected chi connectivity index (χ0v) is 15.2. The van der Waals surface area contributed by atoms with Crippen molar-refractivity contribution in [1.82, 2.24) is 0 Å². The van der Waals surface area contributed by atoms with Crippen molar-refractivity contribution in [1.29, 1.82) is 0 Å². The Labute approximate surface area is 147 Å². The summed E-state index contributed by atoms with van der Waals surface area (Å²) < 4.78 is 33.8. The maximum atomic E-state index is 12.6. The molecule has 0 bridgehead atoms. The number of nitrogens with one attached hydrogen (secondary N) is 1. The minimum atomic E-state index is -3.59. The molecule has 0 saturated heterocycles. The van der Waals surface area contributed by atoms with Gasteiger partial charge in [0, 0.05) is 23.1 Å². The maximum Gasteiger partial charge on any atom is 0.261 e. The topological polar surface area (TPSA) is 59.3 Å². The molecule has 1 heterocycles. The number of sulfonamides is 1. The highest BCUT2D eigenvalue weighted by molar-refractivity contribution is 7.92. The van der Waals surface area contributed by atoms with E-state index in [4.69, 9.17) is 4.42 Å². The molecule has 4 rings (SSSR count). The van der Waals surface area contributed by atoms with Gasteiger partial charge >= 0.3 is 0 Å². The monoisotopic (exact) mass is 355 g/mol. The second kappa shape index (κ2) is 5.92. The SMILES string of the molecule is Cc1ccc(S(=O)(=O)Nc2ccc3oc4c(c3c2)CC[C@@H](C)C4)cc1. The molecule has 0 radical (unpaired) electrons. The van der Waals surface area contributed by atoms with Gasteiger partial charge < -0.3 is 4.42 Å². The van der Waals surface area contributed by atoms with Gasteiger partial charge in [-0.25, -0.2) is 8.42 Å². The number of benzene rings is 2. The molecule has 0 amide bonds. The van der Waals surface area contributed by atoms with Gasteiger partial charge in [-0.15, -0.1) is 0 Å². The van der Waals surface area contributed by atoms with Gasteiger partial charge in [0.15, 0.2) is 0 Å². The lowest BCUT2D eigenvalue weighted by Gasteiger charge is -2.16. The Morgan fingerprint density at radius 3 is 2.64 bits per heavy atom. The normalized spacial score (nSPS) is 17.4. The lowest BCUT2D eigenvalue weighted by molar-refractivity contribution is 0.426. The first-order valence-electron chi connectivity index (χ1n) is 8.56. The summed E-state index contributed by atoms with van der Waals surface area (Å²) in [6.45, 7) is 4.16. The quantitative estimate of drug-likeness (QED) is 0.743. The van der Waals surface area contributed by atoms with Crippen LogP contribution in [-0.4, -0.2) is 8.42 Å². The largest absolute Gasteiger partial charge is 0.461 e. The van der Waals surface area contributed by atoms with E-state index in [1.807, 2.05) is 19.1 Å². The summed E-state index contributed by atoms with van der Waals surface area (Å²) in [7, 11) is -3.59. The van der Waals surface area contributed by atoms with Gasteiger partial charge in [0.1, 0.15) is 11.3 Å². The van der Waals surface area contributed by atoms with Crippen molar-refractivity contribution >= 4 is 26.7 Å². The number of furan rings is 1. The summed E-state index contributed by atoms with van der Waals surface area (Å²) in [5.41, 5.74) is 3.65. The van der Waals surface area contributed by atoms with Crippen molar-refractivity contribution in [3.05, 3.63) is 59.4 Å². The summed E-state index contributed by atoms with van der Waals surface area (Å²) >= 11 is 0. The lowest BCUT2D eigenvalue weighted by atomic mass is 9.88. The number of rotatable bonds is 3. The predicted octanol–water partition coefficient (Wildman–Crippen LogP) is 4.67. The van der Waals surface area contributed by atoms with Crippen LogP contribution in [0.25, 0.3) is 11.0 Å².